The molecular weight excluding hydrogens is 240 g/mol. The predicted octanol–water partition coefficient (Wildman–Crippen LogP) is 5.98. The molecule has 0 heteroatoms. The van der Waals surface area contributed by atoms with Crippen molar-refractivity contribution in [3.63, 3.8) is 0 Å². The summed E-state index contributed by atoms with van der Waals surface area (Å²) in [5, 5.41) is 0. The van der Waals surface area contributed by atoms with Crippen molar-refractivity contribution in [1.29, 1.82) is 0 Å². The van der Waals surface area contributed by atoms with Crippen molar-refractivity contribution in [3.8, 4) is 0 Å². The van der Waals surface area contributed by atoms with Gasteiger partial charge in [0.1, 0.15) is 0 Å². The highest BCUT2D eigenvalue weighted by Crippen LogP contribution is 2.73. The molecule has 0 aliphatic heterocycles. The fourth-order valence-electron chi connectivity index (χ4n) is 7.49. The molecule has 0 amide bonds. The van der Waals surface area contributed by atoms with Crippen molar-refractivity contribution in [2.75, 3.05) is 0 Å². The minimum Gasteiger partial charge on any atom is -0.0847 e. The molecule has 0 aromatic rings. The molecule has 0 nitrogen and oxygen atoms in total. The van der Waals surface area contributed by atoms with E-state index in [1.807, 2.05) is 0 Å². The minimum absolute atomic E-state index is 0.584. The molecule has 1 spiro atoms. The van der Waals surface area contributed by atoms with Crippen LogP contribution in [0.25, 0.3) is 0 Å². The molecule has 20 heavy (non-hydrogen) atoms. The zero-order valence-electron chi connectivity index (χ0n) is 14.0. The van der Waals surface area contributed by atoms with E-state index >= 15 is 0 Å². The number of fused-ring (bicyclic) bond motifs is 2. The van der Waals surface area contributed by atoms with Crippen LogP contribution in [-0.2, 0) is 0 Å². The van der Waals surface area contributed by atoms with E-state index in [0.29, 0.717) is 16.2 Å². The quantitative estimate of drug-likeness (QED) is 0.476. The fraction of sp³-hybridized carbons (Fsp3) is 0.900. The van der Waals surface area contributed by atoms with Gasteiger partial charge in [-0.2, -0.15) is 0 Å². The molecule has 112 valence electrons. The Morgan fingerprint density at radius 1 is 1.10 bits per heavy atom. The summed E-state index contributed by atoms with van der Waals surface area (Å²) in [6.07, 6.45) is 14.6. The summed E-state index contributed by atoms with van der Waals surface area (Å²) in [4.78, 5) is 0. The second kappa shape index (κ2) is 3.93. The third-order valence-electron chi connectivity index (χ3n) is 8.56. The molecule has 0 radical (unpaired) electrons. The molecule has 0 aromatic carbocycles. The third kappa shape index (κ3) is 1.44. The van der Waals surface area contributed by atoms with Gasteiger partial charge in [0.2, 0.25) is 0 Å². The highest BCUT2D eigenvalue weighted by molar-refractivity contribution is 5.24. The summed E-state index contributed by atoms with van der Waals surface area (Å²) in [7, 11) is 0. The zero-order chi connectivity index (χ0) is 14.2. The monoisotopic (exact) mass is 272 g/mol. The molecule has 4 aliphatic carbocycles. The smallest absolute Gasteiger partial charge is 0.0172 e. The van der Waals surface area contributed by atoms with Gasteiger partial charge in [0, 0.05) is 0 Å². The molecule has 3 saturated carbocycles. The van der Waals surface area contributed by atoms with Crippen molar-refractivity contribution in [2.45, 2.75) is 79.1 Å². The van der Waals surface area contributed by atoms with E-state index in [4.69, 9.17) is 0 Å². The molecule has 5 atom stereocenters. The van der Waals surface area contributed by atoms with Crippen molar-refractivity contribution in [1.82, 2.24) is 0 Å². The summed E-state index contributed by atoms with van der Waals surface area (Å²) >= 11 is 0. The van der Waals surface area contributed by atoms with Crippen LogP contribution in [0.3, 0.4) is 0 Å². The maximum absolute atomic E-state index is 2.71. The van der Waals surface area contributed by atoms with Gasteiger partial charge in [-0.25, -0.2) is 0 Å². The van der Waals surface area contributed by atoms with Crippen LogP contribution < -0.4 is 0 Å². The van der Waals surface area contributed by atoms with Gasteiger partial charge in [-0.3, -0.25) is 0 Å². The molecule has 2 bridgehead atoms. The lowest BCUT2D eigenvalue weighted by Gasteiger charge is -2.64. The van der Waals surface area contributed by atoms with E-state index in [2.05, 4.69) is 33.8 Å². The average molecular weight is 272 g/mol. The van der Waals surface area contributed by atoms with Gasteiger partial charge in [0.05, 0.1) is 0 Å². The van der Waals surface area contributed by atoms with Crippen molar-refractivity contribution in [3.05, 3.63) is 11.6 Å². The van der Waals surface area contributed by atoms with Crippen LogP contribution >= 0.6 is 0 Å². The van der Waals surface area contributed by atoms with E-state index in [9.17, 15) is 0 Å². The first kappa shape index (κ1) is 13.4. The summed E-state index contributed by atoms with van der Waals surface area (Å²) in [5.74, 6) is 2.95. The van der Waals surface area contributed by atoms with E-state index in [1.54, 1.807) is 5.57 Å². The zero-order valence-corrected chi connectivity index (χ0v) is 14.0. The van der Waals surface area contributed by atoms with Crippen LogP contribution in [0.5, 0.6) is 0 Å². The number of allylic oxidation sites excluding steroid dienone is 2. The molecule has 4 rings (SSSR count). The summed E-state index contributed by atoms with van der Waals surface area (Å²) in [6.45, 7) is 10.3. The van der Waals surface area contributed by atoms with Gasteiger partial charge in [-0.05, 0) is 85.9 Å². The predicted molar refractivity (Wildman–Crippen MR) is 85.5 cm³/mol. The standard InChI is InChI=1S/C20H32/c1-14-8-11-20-13-15(14)12-16(20)6-7-17-18(2,3)9-5-10-19(17,20)4/h8,15-17H,5-7,9-13H2,1-4H3/t15-,16-,17-,19-,20+/m0/s1. The second-order valence-corrected chi connectivity index (χ2v) is 9.53. The third-order valence-corrected chi connectivity index (χ3v) is 8.56. The van der Waals surface area contributed by atoms with Gasteiger partial charge in [-0.15, -0.1) is 0 Å². The van der Waals surface area contributed by atoms with Crippen molar-refractivity contribution in [2.24, 2.45) is 34.0 Å². The number of hydrogen-bond acceptors (Lipinski definition) is 0. The first-order valence-corrected chi connectivity index (χ1v) is 9.06. The molecular formula is C20H32. The van der Waals surface area contributed by atoms with E-state index in [-0.39, 0.29) is 0 Å². The van der Waals surface area contributed by atoms with Crippen molar-refractivity contribution >= 4 is 0 Å². The maximum atomic E-state index is 2.71. The van der Waals surface area contributed by atoms with Crippen LogP contribution in [0.2, 0.25) is 0 Å². The SMILES string of the molecule is CC1=CC[C@@]23C[C@@H]1C[C@@H]2CC[C@H]1C(C)(C)CCC[C@@]13C. The lowest BCUT2D eigenvalue weighted by Crippen LogP contribution is -2.56. The normalized spacial score (nSPS) is 53.0. The first-order valence-electron chi connectivity index (χ1n) is 9.06. The fourth-order valence-corrected chi connectivity index (χ4v) is 7.49. The van der Waals surface area contributed by atoms with E-state index in [0.717, 1.165) is 17.8 Å². The van der Waals surface area contributed by atoms with Gasteiger partial charge in [0.25, 0.3) is 0 Å². The molecule has 0 heterocycles. The van der Waals surface area contributed by atoms with Crippen LogP contribution in [-0.4, -0.2) is 0 Å². The first-order chi connectivity index (χ1) is 9.39. The highest BCUT2D eigenvalue weighted by Gasteiger charge is 2.65. The van der Waals surface area contributed by atoms with Gasteiger partial charge >= 0.3 is 0 Å². The van der Waals surface area contributed by atoms with E-state index < -0.39 is 0 Å². The lowest BCUT2D eigenvalue weighted by molar-refractivity contribution is -0.149. The molecule has 4 aliphatic rings. The maximum Gasteiger partial charge on any atom is -0.0172 e. The summed E-state index contributed by atoms with van der Waals surface area (Å²) in [5.41, 5.74) is 3.61. The number of rotatable bonds is 0. The average Bonchev–Trinajstić information content (AvgIpc) is 2.70. The Bertz CT molecular complexity index is 457. The number of hydrogen-bond donors (Lipinski definition) is 0. The Morgan fingerprint density at radius 3 is 2.70 bits per heavy atom. The second-order valence-electron chi connectivity index (χ2n) is 9.53. The van der Waals surface area contributed by atoms with Crippen LogP contribution in [0.15, 0.2) is 11.6 Å². The Hall–Kier alpha value is -0.260. The van der Waals surface area contributed by atoms with Gasteiger partial charge < -0.3 is 0 Å². The summed E-state index contributed by atoms with van der Waals surface area (Å²) < 4.78 is 0. The Morgan fingerprint density at radius 2 is 1.90 bits per heavy atom. The Kier molecular flexibility index (Phi) is 2.63. The molecule has 0 saturated heterocycles. The minimum atomic E-state index is 0.584. The Balaban J connectivity index is 1.80. The van der Waals surface area contributed by atoms with Gasteiger partial charge in [0.15, 0.2) is 0 Å². The highest BCUT2D eigenvalue weighted by atomic mass is 14.7. The summed E-state index contributed by atoms with van der Waals surface area (Å²) in [6, 6.07) is 0. The molecule has 0 unspecified atom stereocenters. The molecule has 3 fully saturated rings. The van der Waals surface area contributed by atoms with Crippen LogP contribution in [0, 0.1) is 34.0 Å². The van der Waals surface area contributed by atoms with Crippen LogP contribution in [0.1, 0.15) is 79.1 Å². The van der Waals surface area contributed by atoms with Crippen LogP contribution in [0.4, 0.5) is 0 Å². The van der Waals surface area contributed by atoms with Crippen molar-refractivity contribution < 1.29 is 0 Å². The Labute approximate surface area is 125 Å². The molecule has 0 N–H and O–H groups in total. The molecule has 0 aromatic heterocycles. The lowest BCUT2D eigenvalue weighted by atomic mass is 9.40. The van der Waals surface area contributed by atoms with E-state index in [1.165, 1.54) is 51.4 Å². The topological polar surface area (TPSA) is 0 Å². The largest absolute Gasteiger partial charge is 0.0847 e. The van der Waals surface area contributed by atoms with Gasteiger partial charge in [-0.1, -0.05) is 38.8 Å².